The number of piperidine rings is 1. The molecule has 1 heterocycles. The summed E-state index contributed by atoms with van der Waals surface area (Å²) in [5.74, 6) is 0.810. The molecule has 1 aromatic carbocycles. The van der Waals surface area contributed by atoms with E-state index in [-0.39, 0.29) is 0 Å². The Morgan fingerprint density at radius 3 is 2.74 bits per heavy atom. The molecule has 2 rings (SSSR count). The lowest BCUT2D eigenvalue weighted by Crippen LogP contribution is -2.33. The van der Waals surface area contributed by atoms with Crippen LogP contribution in [-0.2, 0) is 0 Å². The summed E-state index contributed by atoms with van der Waals surface area (Å²) in [7, 11) is 0. The molecule has 1 aromatic rings. The van der Waals surface area contributed by atoms with Gasteiger partial charge in [-0.25, -0.2) is 0 Å². The maximum Gasteiger partial charge on any atom is 0.129 e. The number of rotatable bonds is 5. The Balaban J connectivity index is 1.91. The topological polar surface area (TPSA) is 38.5 Å². The van der Waals surface area contributed by atoms with Crippen molar-refractivity contribution in [1.82, 2.24) is 4.90 Å². The molecule has 1 aliphatic heterocycles. The molecule has 1 fully saturated rings. The molecule has 1 saturated heterocycles. The molecular formula is C15H22N2OS. The molecule has 0 spiro atoms. The van der Waals surface area contributed by atoms with E-state index in [1.165, 1.54) is 32.4 Å². The third-order valence-corrected chi connectivity index (χ3v) is 3.74. The lowest BCUT2D eigenvalue weighted by atomic mass is 10.1. The van der Waals surface area contributed by atoms with E-state index in [9.17, 15) is 0 Å². The maximum absolute atomic E-state index is 5.87. The van der Waals surface area contributed by atoms with Crippen LogP contribution in [-0.4, -0.2) is 36.1 Å². The number of hydrogen-bond acceptors (Lipinski definition) is 3. The predicted molar refractivity (Wildman–Crippen MR) is 82.9 cm³/mol. The molecule has 0 saturated carbocycles. The monoisotopic (exact) mass is 278 g/mol. The first-order valence-corrected chi connectivity index (χ1v) is 7.33. The molecular weight excluding hydrogens is 256 g/mol. The molecule has 4 heteroatoms. The summed E-state index contributed by atoms with van der Waals surface area (Å²) in [6.45, 7) is 6.10. The van der Waals surface area contributed by atoms with Crippen LogP contribution in [0.4, 0.5) is 0 Å². The van der Waals surface area contributed by atoms with Gasteiger partial charge < -0.3 is 10.5 Å². The number of aryl methyl sites for hydroxylation is 1. The summed E-state index contributed by atoms with van der Waals surface area (Å²) in [6, 6.07) is 5.95. The highest BCUT2D eigenvalue weighted by Crippen LogP contribution is 2.20. The second-order valence-corrected chi connectivity index (χ2v) is 5.55. The van der Waals surface area contributed by atoms with E-state index < -0.39 is 0 Å². The fourth-order valence-electron chi connectivity index (χ4n) is 2.42. The number of benzene rings is 1. The summed E-state index contributed by atoms with van der Waals surface area (Å²) in [5.41, 5.74) is 7.71. The zero-order valence-electron chi connectivity index (χ0n) is 11.5. The van der Waals surface area contributed by atoms with Gasteiger partial charge in [0, 0.05) is 6.54 Å². The molecule has 0 radical (unpaired) electrons. The third-order valence-electron chi connectivity index (χ3n) is 3.52. The molecule has 1 aliphatic rings. The SMILES string of the molecule is Cc1ccc(C(N)=S)c(OCCN2CCCCC2)c1. The Bertz CT molecular complexity index is 442. The van der Waals surface area contributed by atoms with E-state index in [1.807, 2.05) is 25.1 Å². The lowest BCUT2D eigenvalue weighted by Gasteiger charge is -2.26. The standard InChI is InChI=1S/C15H22N2OS/c1-12-5-6-13(15(16)19)14(11-12)18-10-9-17-7-3-2-4-8-17/h5-6,11H,2-4,7-10H2,1H3,(H2,16,19). The Hall–Kier alpha value is -1.13. The van der Waals surface area contributed by atoms with E-state index >= 15 is 0 Å². The van der Waals surface area contributed by atoms with E-state index in [4.69, 9.17) is 22.7 Å². The molecule has 104 valence electrons. The first-order valence-electron chi connectivity index (χ1n) is 6.92. The normalized spacial score (nSPS) is 16.3. The molecule has 0 aromatic heterocycles. The predicted octanol–water partition coefficient (Wildman–Crippen LogP) is 2.49. The van der Waals surface area contributed by atoms with E-state index in [1.54, 1.807) is 0 Å². The van der Waals surface area contributed by atoms with Crippen LogP contribution in [0.1, 0.15) is 30.4 Å². The number of likely N-dealkylation sites (tertiary alicyclic amines) is 1. The molecule has 2 N–H and O–H groups in total. The molecule has 0 unspecified atom stereocenters. The van der Waals surface area contributed by atoms with Crippen LogP contribution >= 0.6 is 12.2 Å². The minimum Gasteiger partial charge on any atom is -0.492 e. The molecule has 0 aliphatic carbocycles. The van der Waals surface area contributed by atoms with Crippen LogP contribution in [0, 0.1) is 6.92 Å². The molecule has 3 nitrogen and oxygen atoms in total. The zero-order chi connectivity index (χ0) is 13.7. The quantitative estimate of drug-likeness (QED) is 0.840. The van der Waals surface area contributed by atoms with Crippen LogP contribution in [0.5, 0.6) is 5.75 Å². The maximum atomic E-state index is 5.87. The summed E-state index contributed by atoms with van der Waals surface area (Å²) in [6.07, 6.45) is 3.98. The summed E-state index contributed by atoms with van der Waals surface area (Å²) in [5, 5.41) is 0. The highest BCUT2D eigenvalue weighted by atomic mass is 32.1. The van der Waals surface area contributed by atoms with Crippen molar-refractivity contribution in [3.63, 3.8) is 0 Å². The second-order valence-electron chi connectivity index (χ2n) is 5.11. The van der Waals surface area contributed by atoms with Crippen molar-refractivity contribution >= 4 is 17.2 Å². The van der Waals surface area contributed by atoms with Crippen molar-refractivity contribution in [2.75, 3.05) is 26.2 Å². The fraction of sp³-hybridized carbons (Fsp3) is 0.533. The van der Waals surface area contributed by atoms with E-state index in [0.29, 0.717) is 11.6 Å². The smallest absolute Gasteiger partial charge is 0.129 e. The number of nitrogens with zero attached hydrogens (tertiary/aromatic N) is 1. The van der Waals surface area contributed by atoms with Crippen molar-refractivity contribution in [3.8, 4) is 5.75 Å². The molecule has 0 atom stereocenters. The van der Waals surface area contributed by atoms with Crippen molar-refractivity contribution in [2.45, 2.75) is 26.2 Å². The minimum atomic E-state index is 0.396. The van der Waals surface area contributed by atoms with Gasteiger partial charge in [0.15, 0.2) is 0 Å². The number of thiocarbonyl (C=S) groups is 1. The third kappa shape index (κ3) is 4.18. The van der Waals surface area contributed by atoms with E-state index in [2.05, 4.69) is 4.90 Å². The zero-order valence-corrected chi connectivity index (χ0v) is 12.3. The van der Waals surface area contributed by atoms with Crippen LogP contribution in [0.25, 0.3) is 0 Å². The molecule has 19 heavy (non-hydrogen) atoms. The lowest BCUT2D eigenvalue weighted by molar-refractivity contribution is 0.183. The first-order chi connectivity index (χ1) is 9.16. The van der Waals surface area contributed by atoms with Crippen LogP contribution in [0.2, 0.25) is 0 Å². The molecule has 0 amide bonds. The summed E-state index contributed by atoms with van der Waals surface area (Å²) in [4.78, 5) is 2.85. The molecule has 0 bridgehead atoms. The number of ether oxygens (including phenoxy) is 1. The van der Waals surface area contributed by atoms with Gasteiger partial charge in [-0.05, 0) is 50.6 Å². The van der Waals surface area contributed by atoms with Gasteiger partial charge in [-0.1, -0.05) is 24.7 Å². The van der Waals surface area contributed by atoms with Gasteiger partial charge in [-0.15, -0.1) is 0 Å². The Labute approximate surface area is 120 Å². The fourth-order valence-corrected chi connectivity index (χ4v) is 2.59. The van der Waals surface area contributed by atoms with Crippen molar-refractivity contribution in [1.29, 1.82) is 0 Å². The second kappa shape index (κ2) is 6.87. The van der Waals surface area contributed by atoms with E-state index in [0.717, 1.165) is 23.4 Å². The highest BCUT2D eigenvalue weighted by Gasteiger charge is 2.11. The van der Waals surface area contributed by atoms with Crippen LogP contribution in [0.15, 0.2) is 18.2 Å². The Kier molecular flexibility index (Phi) is 5.16. The van der Waals surface area contributed by atoms with Gasteiger partial charge in [0.05, 0.1) is 5.56 Å². The first kappa shape index (κ1) is 14.3. The van der Waals surface area contributed by atoms with Gasteiger partial charge in [-0.2, -0.15) is 0 Å². The Morgan fingerprint density at radius 1 is 1.32 bits per heavy atom. The van der Waals surface area contributed by atoms with Gasteiger partial charge in [0.25, 0.3) is 0 Å². The van der Waals surface area contributed by atoms with Crippen molar-refractivity contribution < 1.29 is 4.74 Å². The van der Waals surface area contributed by atoms with Gasteiger partial charge in [0.2, 0.25) is 0 Å². The summed E-state index contributed by atoms with van der Waals surface area (Å²) < 4.78 is 5.87. The Morgan fingerprint density at radius 2 is 2.05 bits per heavy atom. The van der Waals surface area contributed by atoms with Gasteiger partial charge in [0.1, 0.15) is 17.3 Å². The minimum absolute atomic E-state index is 0.396. The van der Waals surface area contributed by atoms with Crippen LogP contribution in [0.3, 0.4) is 0 Å². The average Bonchev–Trinajstić information content (AvgIpc) is 2.39. The number of hydrogen-bond donors (Lipinski definition) is 1. The van der Waals surface area contributed by atoms with Gasteiger partial charge >= 0.3 is 0 Å². The average molecular weight is 278 g/mol. The summed E-state index contributed by atoms with van der Waals surface area (Å²) >= 11 is 5.06. The van der Waals surface area contributed by atoms with Crippen molar-refractivity contribution in [3.05, 3.63) is 29.3 Å². The largest absolute Gasteiger partial charge is 0.492 e. The number of nitrogens with two attached hydrogens (primary N) is 1. The van der Waals surface area contributed by atoms with Crippen molar-refractivity contribution in [2.24, 2.45) is 5.73 Å². The highest BCUT2D eigenvalue weighted by molar-refractivity contribution is 7.80. The van der Waals surface area contributed by atoms with Gasteiger partial charge in [-0.3, -0.25) is 4.90 Å². The van der Waals surface area contributed by atoms with Crippen LogP contribution < -0.4 is 10.5 Å².